The van der Waals surface area contributed by atoms with Crippen LogP contribution >= 0.6 is 11.3 Å². The Labute approximate surface area is 163 Å². The molecule has 5 nitrogen and oxygen atoms in total. The number of hydrogen-bond acceptors (Lipinski definition) is 4. The van der Waals surface area contributed by atoms with Gasteiger partial charge in [0.15, 0.2) is 0 Å². The first-order chi connectivity index (χ1) is 12.8. The van der Waals surface area contributed by atoms with E-state index >= 15 is 0 Å². The number of thiophene rings is 1. The standard InChI is InChI=1S/C20H20N2O3S2/c1-14-4-3-5-17(10-14)22-27(24,25)18-7-6-15(2)19(11-18)20(23)21-12-16-8-9-26-13-16/h3-11,13,22H,12H2,1-2H3,(H,21,23). The second-order valence-corrected chi connectivity index (χ2v) is 8.73. The Morgan fingerprint density at radius 1 is 1.07 bits per heavy atom. The summed E-state index contributed by atoms with van der Waals surface area (Å²) in [7, 11) is -3.79. The monoisotopic (exact) mass is 400 g/mol. The van der Waals surface area contributed by atoms with Crippen LogP contribution in [-0.4, -0.2) is 14.3 Å². The van der Waals surface area contributed by atoms with E-state index in [1.54, 1.807) is 42.5 Å². The van der Waals surface area contributed by atoms with Gasteiger partial charge >= 0.3 is 0 Å². The van der Waals surface area contributed by atoms with Crippen LogP contribution in [0.4, 0.5) is 5.69 Å². The molecule has 3 aromatic rings. The maximum atomic E-state index is 12.7. The van der Waals surface area contributed by atoms with Gasteiger partial charge in [0.2, 0.25) is 0 Å². The van der Waals surface area contributed by atoms with E-state index in [1.165, 1.54) is 12.1 Å². The van der Waals surface area contributed by atoms with E-state index in [-0.39, 0.29) is 10.8 Å². The highest BCUT2D eigenvalue weighted by molar-refractivity contribution is 7.92. The van der Waals surface area contributed by atoms with Crippen molar-refractivity contribution in [3.63, 3.8) is 0 Å². The fourth-order valence-corrected chi connectivity index (χ4v) is 4.35. The lowest BCUT2D eigenvalue weighted by atomic mass is 10.1. The highest BCUT2D eigenvalue weighted by Gasteiger charge is 2.18. The summed E-state index contributed by atoms with van der Waals surface area (Å²) in [5.74, 6) is -0.300. The predicted molar refractivity (Wildman–Crippen MR) is 109 cm³/mol. The molecule has 0 aliphatic carbocycles. The van der Waals surface area contributed by atoms with Gasteiger partial charge in [-0.3, -0.25) is 9.52 Å². The Morgan fingerprint density at radius 2 is 1.89 bits per heavy atom. The molecule has 1 aromatic heterocycles. The van der Waals surface area contributed by atoms with Gasteiger partial charge in [-0.05, 0) is 71.6 Å². The first-order valence-electron chi connectivity index (χ1n) is 8.34. The number of benzene rings is 2. The molecule has 2 aromatic carbocycles. The van der Waals surface area contributed by atoms with Gasteiger partial charge in [-0.15, -0.1) is 0 Å². The summed E-state index contributed by atoms with van der Waals surface area (Å²) in [5.41, 5.74) is 3.51. The molecule has 140 valence electrons. The number of nitrogens with one attached hydrogen (secondary N) is 2. The van der Waals surface area contributed by atoms with Crippen molar-refractivity contribution in [2.45, 2.75) is 25.3 Å². The molecule has 1 amide bonds. The van der Waals surface area contributed by atoms with Crippen LogP contribution in [0.1, 0.15) is 27.0 Å². The summed E-state index contributed by atoms with van der Waals surface area (Å²) in [6, 6.07) is 13.6. The van der Waals surface area contributed by atoms with E-state index in [9.17, 15) is 13.2 Å². The van der Waals surface area contributed by atoms with Gasteiger partial charge in [0.25, 0.3) is 15.9 Å². The van der Waals surface area contributed by atoms with Crippen LogP contribution in [0, 0.1) is 13.8 Å². The average Bonchev–Trinajstić information content (AvgIpc) is 3.13. The SMILES string of the molecule is Cc1cccc(NS(=O)(=O)c2ccc(C)c(C(=O)NCc3ccsc3)c2)c1. The van der Waals surface area contributed by atoms with E-state index in [0.29, 0.717) is 23.4 Å². The van der Waals surface area contributed by atoms with E-state index < -0.39 is 10.0 Å². The molecule has 0 aliphatic rings. The van der Waals surface area contributed by atoms with Crippen LogP contribution in [0.3, 0.4) is 0 Å². The molecule has 0 saturated carbocycles. The first kappa shape index (κ1) is 19.1. The maximum Gasteiger partial charge on any atom is 0.261 e. The lowest BCUT2D eigenvalue weighted by Crippen LogP contribution is -2.24. The van der Waals surface area contributed by atoms with Crippen LogP contribution in [0.5, 0.6) is 0 Å². The molecule has 2 N–H and O–H groups in total. The average molecular weight is 401 g/mol. The fourth-order valence-electron chi connectivity index (χ4n) is 2.61. The Balaban J connectivity index is 1.82. The highest BCUT2D eigenvalue weighted by atomic mass is 32.2. The molecular weight excluding hydrogens is 380 g/mol. The fraction of sp³-hybridized carbons (Fsp3) is 0.150. The number of rotatable bonds is 6. The lowest BCUT2D eigenvalue weighted by molar-refractivity contribution is 0.0950. The molecular formula is C20H20N2O3S2. The van der Waals surface area contributed by atoms with Crippen molar-refractivity contribution < 1.29 is 13.2 Å². The summed E-state index contributed by atoms with van der Waals surface area (Å²) in [5, 5.41) is 6.73. The van der Waals surface area contributed by atoms with Gasteiger partial charge in [-0.25, -0.2) is 8.42 Å². The third kappa shape index (κ3) is 4.75. The van der Waals surface area contributed by atoms with Gasteiger partial charge in [-0.2, -0.15) is 11.3 Å². The quantitative estimate of drug-likeness (QED) is 0.654. The van der Waals surface area contributed by atoms with Crippen LogP contribution in [0.15, 0.2) is 64.2 Å². The molecule has 0 radical (unpaired) electrons. The first-order valence-corrected chi connectivity index (χ1v) is 10.8. The predicted octanol–water partition coefficient (Wildman–Crippen LogP) is 4.10. The number of anilines is 1. The van der Waals surface area contributed by atoms with Crippen molar-refractivity contribution in [1.82, 2.24) is 5.32 Å². The molecule has 1 heterocycles. The van der Waals surface area contributed by atoms with Gasteiger partial charge in [0.1, 0.15) is 0 Å². The number of carbonyl (C=O) groups excluding carboxylic acids is 1. The summed E-state index contributed by atoms with van der Waals surface area (Å²) in [6.45, 7) is 4.07. The number of aryl methyl sites for hydroxylation is 2. The summed E-state index contributed by atoms with van der Waals surface area (Å²) in [6.07, 6.45) is 0. The third-order valence-electron chi connectivity index (χ3n) is 4.07. The van der Waals surface area contributed by atoms with Gasteiger partial charge < -0.3 is 5.32 Å². The van der Waals surface area contributed by atoms with Crippen molar-refractivity contribution in [1.29, 1.82) is 0 Å². The van der Waals surface area contributed by atoms with E-state index in [4.69, 9.17) is 0 Å². The molecule has 0 aliphatic heterocycles. The highest BCUT2D eigenvalue weighted by Crippen LogP contribution is 2.20. The lowest BCUT2D eigenvalue weighted by Gasteiger charge is -2.12. The number of sulfonamides is 1. The van der Waals surface area contributed by atoms with Crippen LogP contribution in [-0.2, 0) is 16.6 Å². The normalized spacial score (nSPS) is 11.2. The third-order valence-corrected chi connectivity index (χ3v) is 6.18. The smallest absolute Gasteiger partial charge is 0.261 e. The van der Waals surface area contributed by atoms with Gasteiger partial charge in [-0.1, -0.05) is 18.2 Å². The van der Waals surface area contributed by atoms with Crippen molar-refractivity contribution in [3.05, 3.63) is 81.5 Å². The molecule has 0 unspecified atom stereocenters. The maximum absolute atomic E-state index is 12.7. The number of carbonyl (C=O) groups is 1. The Kier molecular flexibility index (Phi) is 5.62. The molecule has 0 atom stereocenters. The summed E-state index contributed by atoms with van der Waals surface area (Å²) < 4.78 is 28.0. The van der Waals surface area contributed by atoms with E-state index in [0.717, 1.165) is 11.1 Å². The minimum atomic E-state index is -3.79. The molecule has 0 bridgehead atoms. The molecule has 7 heteroatoms. The van der Waals surface area contributed by atoms with Crippen LogP contribution < -0.4 is 10.0 Å². The second-order valence-electron chi connectivity index (χ2n) is 6.27. The van der Waals surface area contributed by atoms with Crippen LogP contribution in [0.2, 0.25) is 0 Å². The zero-order valence-corrected chi connectivity index (χ0v) is 16.7. The largest absolute Gasteiger partial charge is 0.348 e. The number of amides is 1. The molecule has 27 heavy (non-hydrogen) atoms. The van der Waals surface area contributed by atoms with Crippen molar-refractivity contribution in [2.24, 2.45) is 0 Å². The molecule has 3 rings (SSSR count). The number of hydrogen-bond donors (Lipinski definition) is 2. The zero-order valence-electron chi connectivity index (χ0n) is 15.0. The minimum absolute atomic E-state index is 0.0512. The Bertz CT molecular complexity index is 1060. The van der Waals surface area contributed by atoms with Crippen molar-refractivity contribution in [2.75, 3.05) is 4.72 Å². The van der Waals surface area contributed by atoms with Crippen molar-refractivity contribution in [3.8, 4) is 0 Å². The second kappa shape index (κ2) is 7.94. The summed E-state index contributed by atoms with van der Waals surface area (Å²) >= 11 is 1.56. The molecule has 0 saturated heterocycles. The Morgan fingerprint density at radius 3 is 2.59 bits per heavy atom. The molecule has 0 spiro atoms. The summed E-state index contributed by atoms with van der Waals surface area (Å²) in [4.78, 5) is 12.6. The van der Waals surface area contributed by atoms with E-state index in [1.807, 2.05) is 29.8 Å². The topological polar surface area (TPSA) is 75.3 Å². The van der Waals surface area contributed by atoms with Gasteiger partial charge in [0, 0.05) is 17.8 Å². The zero-order chi connectivity index (χ0) is 19.4. The van der Waals surface area contributed by atoms with Crippen LogP contribution in [0.25, 0.3) is 0 Å². The minimum Gasteiger partial charge on any atom is -0.348 e. The Hall–Kier alpha value is -2.64. The van der Waals surface area contributed by atoms with E-state index in [2.05, 4.69) is 10.0 Å². The van der Waals surface area contributed by atoms with Crippen molar-refractivity contribution >= 4 is 33.0 Å². The van der Waals surface area contributed by atoms with Gasteiger partial charge in [0.05, 0.1) is 4.90 Å². The molecule has 0 fully saturated rings.